The zero-order valence-electron chi connectivity index (χ0n) is 7.97. The predicted molar refractivity (Wildman–Crippen MR) is 47.9 cm³/mol. The van der Waals surface area contributed by atoms with E-state index in [1.54, 1.807) is 0 Å². The highest BCUT2D eigenvalue weighted by molar-refractivity contribution is 7.47. The van der Waals surface area contributed by atoms with Crippen LogP contribution in [-0.2, 0) is 18.4 Å². The molecule has 8 heteroatoms. The summed E-state index contributed by atoms with van der Waals surface area (Å²) >= 11 is 0. The molecule has 0 rings (SSSR count). The van der Waals surface area contributed by atoms with Gasteiger partial charge < -0.3 is 15.3 Å². The first-order valence-corrected chi connectivity index (χ1v) is 5.44. The molecule has 0 heterocycles. The van der Waals surface area contributed by atoms with Crippen molar-refractivity contribution in [3.63, 3.8) is 0 Å². The summed E-state index contributed by atoms with van der Waals surface area (Å²) in [5.74, 6) is -1.16. The van der Waals surface area contributed by atoms with Crippen LogP contribution in [0.3, 0.4) is 0 Å². The number of nitrogens with one attached hydrogen (secondary N) is 1. The summed E-state index contributed by atoms with van der Waals surface area (Å²) in [7, 11) is -2.69. The van der Waals surface area contributed by atoms with E-state index in [-0.39, 0.29) is 6.61 Å². The van der Waals surface area contributed by atoms with Gasteiger partial charge in [-0.3, -0.25) is 13.8 Å². The minimum Gasteiger partial charge on any atom is -0.480 e. The SMILES string of the molecule is CCOP(=O)(O)OCC(NC)C(=O)O. The number of aliphatic carboxylic acids is 1. The van der Waals surface area contributed by atoms with Crippen molar-refractivity contribution in [2.24, 2.45) is 0 Å². The molecule has 3 N–H and O–H groups in total. The highest BCUT2D eigenvalue weighted by Crippen LogP contribution is 2.42. The van der Waals surface area contributed by atoms with Crippen molar-refractivity contribution in [2.75, 3.05) is 20.3 Å². The molecule has 14 heavy (non-hydrogen) atoms. The average molecular weight is 227 g/mol. The van der Waals surface area contributed by atoms with E-state index in [9.17, 15) is 9.36 Å². The second kappa shape index (κ2) is 6.10. The first-order chi connectivity index (χ1) is 6.43. The third-order valence-electron chi connectivity index (χ3n) is 1.34. The molecule has 0 aromatic carbocycles. The van der Waals surface area contributed by atoms with Gasteiger partial charge in [0.25, 0.3) is 0 Å². The average Bonchev–Trinajstić information content (AvgIpc) is 2.04. The number of hydrogen-bond acceptors (Lipinski definition) is 5. The van der Waals surface area contributed by atoms with E-state index in [1.165, 1.54) is 14.0 Å². The molecule has 0 aromatic heterocycles. The topological polar surface area (TPSA) is 105 Å². The standard InChI is InChI=1S/C6H14NO6P/c1-3-12-14(10,11)13-4-5(7-2)6(8)9/h5,7H,3-4H2,1-2H3,(H,8,9)(H,10,11). The summed E-state index contributed by atoms with van der Waals surface area (Å²) in [6.45, 7) is 1.11. The molecule has 0 radical (unpaired) electrons. The largest absolute Gasteiger partial charge is 0.480 e. The van der Waals surface area contributed by atoms with Gasteiger partial charge in [0.1, 0.15) is 6.04 Å². The Bertz CT molecular complexity index is 232. The van der Waals surface area contributed by atoms with Crippen LogP contribution in [0.15, 0.2) is 0 Å². The van der Waals surface area contributed by atoms with Crippen molar-refractivity contribution in [3.05, 3.63) is 0 Å². The molecule has 0 aliphatic heterocycles. The summed E-state index contributed by atoms with van der Waals surface area (Å²) in [4.78, 5) is 19.4. The zero-order valence-corrected chi connectivity index (χ0v) is 8.86. The van der Waals surface area contributed by atoms with Crippen LogP contribution < -0.4 is 5.32 Å². The first-order valence-electron chi connectivity index (χ1n) is 3.95. The van der Waals surface area contributed by atoms with Gasteiger partial charge in [0.05, 0.1) is 13.2 Å². The van der Waals surface area contributed by atoms with Gasteiger partial charge in [-0.25, -0.2) is 4.57 Å². The Balaban J connectivity index is 4.02. The molecule has 84 valence electrons. The summed E-state index contributed by atoms with van der Waals surface area (Å²) < 4.78 is 19.7. The maximum absolute atomic E-state index is 10.9. The molecule has 0 saturated carbocycles. The highest BCUT2D eigenvalue weighted by Gasteiger charge is 2.24. The molecular weight excluding hydrogens is 213 g/mol. The fourth-order valence-corrected chi connectivity index (χ4v) is 1.39. The van der Waals surface area contributed by atoms with Gasteiger partial charge in [0, 0.05) is 0 Å². The van der Waals surface area contributed by atoms with Crippen LogP contribution in [0, 0.1) is 0 Å². The smallest absolute Gasteiger partial charge is 0.472 e. The molecule has 7 nitrogen and oxygen atoms in total. The molecule has 0 fully saturated rings. The van der Waals surface area contributed by atoms with Crippen molar-refractivity contribution in [1.82, 2.24) is 5.32 Å². The van der Waals surface area contributed by atoms with E-state index in [2.05, 4.69) is 14.4 Å². The lowest BCUT2D eigenvalue weighted by molar-refractivity contribution is -0.140. The second-order valence-electron chi connectivity index (χ2n) is 2.36. The number of phosphoric acid groups is 1. The maximum Gasteiger partial charge on any atom is 0.472 e. The van der Waals surface area contributed by atoms with E-state index in [4.69, 9.17) is 10.00 Å². The molecule has 0 bridgehead atoms. The fourth-order valence-electron chi connectivity index (χ4n) is 0.647. The number of rotatable bonds is 7. The lowest BCUT2D eigenvalue weighted by Gasteiger charge is -2.14. The minimum atomic E-state index is -4.10. The van der Waals surface area contributed by atoms with Crippen LogP contribution in [0.25, 0.3) is 0 Å². The third kappa shape index (κ3) is 5.31. The van der Waals surface area contributed by atoms with Crippen LogP contribution in [-0.4, -0.2) is 42.3 Å². The van der Waals surface area contributed by atoms with Gasteiger partial charge in [-0.2, -0.15) is 0 Å². The van der Waals surface area contributed by atoms with Crippen LogP contribution in [0.4, 0.5) is 0 Å². The molecule has 2 atom stereocenters. The Morgan fingerprint density at radius 2 is 2.14 bits per heavy atom. The van der Waals surface area contributed by atoms with Crippen LogP contribution in [0.5, 0.6) is 0 Å². The zero-order chi connectivity index (χ0) is 11.2. The maximum atomic E-state index is 10.9. The Morgan fingerprint density at radius 3 is 2.50 bits per heavy atom. The number of phosphoric ester groups is 1. The van der Waals surface area contributed by atoms with Crippen LogP contribution in [0.1, 0.15) is 6.92 Å². The Hall–Kier alpha value is -0.460. The van der Waals surface area contributed by atoms with Gasteiger partial charge in [-0.15, -0.1) is 0 Å². The summed E-state index contributed by atoms with van der Waals surface area (Å²) in [5.41, 5.74) is 0. The lowest BCUT2D eigenvalue weighted by atomic mass is 10.3. The molecule has 0 aliphatic carbocycles. The van der Waals surface area contributed by atoms with Crippen molar-refractivity contribution in [3.8, 4) is 0 Å². The van der Waals surface area contributed by atoms with Gasteiger partial charge >= 0.3 is 13.8 Å². The first kappa shape index (κ1) is 13.5. The van der Waals surface area contributed by atoms with E-state index in [0.717, 1.165) is 0 Å². The van der Waals surface area contributed by atoms with E-state index >= 15 is 0 Å². The van der Waals surface area contributed by atoms with Gasteiger partial charge in [0.15, 0.2) is 0 Å². The van der Waals surface area contributed by atoms with E-state index in [0.29, 0.717) is 0 Å². The molecule has 0 spiro atoms. The van der Waals surface area contributed by atoms with Crippen molar-refractivity contribution in [2.45, 2.75) is 13.0 Å². The summed E-state index contributed by atoms with van der Waals surface area (Å²) in [6, 6.07) is -1.03. The minimum absolute atomic E-state index is 0.0189. The highest BCUT2D eigenvalue weighted by atomic mass is 31.2. The van der Waals surface area contributed by atoms with Gasteiger partial charge in [-0.05, 0) is 14.0 Å². The van der Waals surface area contributed by atoms with Crippen molar-refractivity contribution in [1.29, 1.82) is 0 Å². The molecule has 2 unspecified atom stereocenters. The summed E-state index contributed by atoms with van der Waals surface area (Å²) in [5, 5.41) is 10.9. The van der Waals surface area contributed by atoms with Gasteiger partial charge in [0.2, 0.25) is 0 Å². The number of carboxylic acid groups (broad SMARTS) is 1. The summed E-state index contributed by atoms with van der Waals surface area (Å²) in [6.07, 6.45) is 0. The number of carboxylic acids is 1. The Morgan fingerprint density at radius 1 is 1.57 bits per heavy atom. The Labute approximate surface area is 81.6 Å². The Kier molecular flexibility index (Phi) is 5.90. The second-order valence-corrected chi connectivity index (χ2v) is 3.82. The molecule has 0 aliphatic rings. The molecule has 0 aromatic rings. The van der Waals surface area contributed by atoms with Crippen molar-refractivity contribution < 1.29 is 28.4 Å². The van der Waals surface area contributed by atoms with Crippen molar-refractivity contribution >= 4 is 13.8 Å². The number of likely N-dealkylation sites (N-methyl/N-ethyl adjacent to an activating group) is 1. The fraction of sp³-hybridized carbons (Fsp3) is 0.833. The molecular formula is C6H14NO6P. The number of hydrogen-bond donors (Lipinski definition) is 3. The van der Waals surface area contributed by atoms with Gasteiger partial charge in [-0.1, -0.05) is 0 Å². The molecule has 0 saturated heterocycles. The normalized spacial score (nSPS) is 17.4. The predicted octanol–water partition coefficient (Wildman–Crippen LogP) is -0.188. The monoisotopic (exact) mass is 227 g/mol. The lowest BCUT2D eigenvalue weighted by Crippen LogP contribution is -2.37. The molecule has 0 amide bonds. The quantitative estimate of drug-likeness (QED) is 0.518. The van der Waals surface area contributed by atoms with Crippen LogP contribution >= 0.6 is 7.82 Å². The van der Waals surface area contributed by atoms with E-state index in [1.807, 2.05) is 0 Å². The third-order valence-corrected chi connectivity index (χ3v) is 2.40. The number of carbonyl (C=O) groups is 1. The van der Waals surface area contributed by atoms with E-state index < -0.39 is 26.4 Å². The van der Waals surface area contributed by atoms with Crippen LogP contribution in [0.2, 0.25) is 0 Å².